The average molecular weight is 350 g/mol. The molecule has 7 nitrogen and oxygen atoms in total. The van der Waals surface area contributed by atoms with Crippen molar-refractivity contribution in [3.05, 3.63) is 27.9 Å². The van der Waals surface area contributed by atoms with Gasteiger partial charge in [-0.15, -0.1) is 0 Å². The van der Waals surface area contributed by atoms with Crippen LogP contribution in [-0.4, -0.2) is 72.1 Å². The van der Waals surface area contributed by atoms with Crippen LogP contribution in [-0.2, 0) is 10.2 Å². The van der Waals surface area contributed by atoms with E-state index in [1.807, 2.05) is 20.8 Å². The number of methoxy groups -OCH3 is 1. The Morgan fingerprint density at radius 2 is 2.04 bits per heavy atom. The molecule has 2 heterocycles. The first-order valence-corrected chi connectivity index (χ1v) is 8.82. The SMILES string of the molecule is COCCN(C(=O)c1cnc(C(C)(C)C)[nH]c1=O)C1CCN(C)CC1. The quantitative estimate of drug-likeness (QED) is 0.865. The number of likely N-dealkylation sites (tertiary alicyclic amines) is 1. The van der Waals surface area contributed by atoms with E-state index in [1.54, 1.807) is 12.0 Å². The number of aromatic amines is 1. The fourth-order valence-corrected chi connectivity index (χ4v) is 3.03. The van der Waals surface area contributed by atoms with Crippen molar-refractivity contribution in [2.45, 2.75) is 45.1 Å². The molecule has 1 aliphatic heterocycles. The molecule has 0 saturated carbocycles. The molecule has 0 unspecified atom stereocenters. The Morgan fingerprint density at radius 1 is 1.40 bits per heavy atom. The van der Waals surface area contributed by atoms with Crippen LogP contribution in [0.15, 0.2) is 11.0 Å². The monoisotopic (exact) mass is 350 g/mol. The molecule has 1 amide bonds. The number of carbonyl (C=O) groups is 1. The van der Waals surface area contributed by atoms with Crippen LogP contribution >= 0.6 is 0 Å². The van der Waals surface area contributed by atoms with Gasteiger partial charge in [-0.2, -0.15) is 0 Å². The molecule has 0 spiro atoms. The first kappa shape index (κ1) is 19.6. The molecule has 2 rings (SSSR count). The fourth-order valence-electron chi connectivity index (χ4n) is 3.03. The van der Waals surface area contributed by atoms with Crippen LogP contribution in [0.25, 0.3) is 0 Å². The van der Waals surface area contributed by atoms with Gasteiger partial charge in [-0.25, -0.2) is 4.98 Å². The number of piperidine rings is 1. The first-order chi connectivity index (χ1) is 11.7. The zero-order valence-electron chi connectivity index (χ0n) is 16.0. The normalized spacial score (nSPS) is 16.8. The molecule has 1 N–H and O–H groups in total. The average Bonchev–Trinajstić information content (AvgIpc) is 2.55. The smallest absolute Gasteiger partial charge is 0.263 e. The van der Waals surface area contributed by atoms with E-state index in [0.717, 1.165) is 25.9 Å². The van der Waals surface area contributed by atoms with Crippen molar-refractivity contribution in [1.82, 2.24) is 19.8 Å². The van der Waals surface area contributed by atoms with E-state index in [1.165, 1.54) is 6.20 Å². The molecular formula is C18H30N4O3. The molecule has 0 bridgehead atoms. The van der Waals surface area contributed by atoms with Gasteiger partial charge in [0.15, 0.2) is 0 Å². The van der Waals surface area contributed by atoms with Crippen LogP contribution in [0, 0.1) is 0 Å². The second-order valence-corrected chi connectivity index (χ2v) is 7.75. The summed E-state index contributed by atoms with van der Waals surface area (Å²) in [6.07, 6.45) is 3.21. The van der Waals surface area contributed by atoms with E-state index in [2.05, 4.69) is 21.9 Å². The molecule has 0 aliphatic carbocycles. The molecule has 1 aromatic rings. The second-order valence-electron chi connectivity index (χ2n) is 7.75. The predicted molar refractivity (Wildman–Crippen MR) is 97.0 cm³/mol. The van der Waals surface area contributed by atoms with Crippen LogP contribution in [0.4, 0.5) is 0 Å². The van der Waals surface area contributed by atoms with Crippen LogP contribution in [0.5, 0.6) is 0 Å². The summed E-state index contributed by atoms with van der Waals surface area (Å²) in [6, 6.07) is 0.126. The molecule has 0 radical (unpaired) electrons. The number of hydrogen-bond acceptors (Lipinski definition) is 5. The molecule has 1 aromatic heterocycles. The zero-order valence-corrected chi connectivity index (χ0v) is 16.0. The Hall–Kier alpha value is -1.73. The van der Waals surface area contributed by atoms with Crippen molar-refractivity contribution in [3.63, 3.8) is 0 Å². The Kier molecular flexibility index (Phi) is 6.35. The van der Waals surface area contributed by atoms with Crippen LogP contribution in [0.3, 0.4) is 0 Å². The minimum Gasteiger partial charge on any atom is -0.383 e. The standard InChI is InChI=1S/C18H30N4O3/c1-18(2,3)17-19-12-14(15(23)20-17)16(24)22(10-11-25-5)13-6-8-21(4)9-7-13/h12-13H,6-11H2,1-5H3,(H,19,20,23). The number of aromatic nitrogens is 2. The van der Waals surface area contributed by atoms with Crippen LogP contribution in [0.2, 0.25) is 0 Å². The summed E-state index contributed by atoms with van der Waals surface area (Å²) >= 11 is 0. The Morgan fingerprint density at radius 3 is 2.56 bits per heavy atom. The molecule has 140 valence electrons. The number of rotatable bonds is 5. The van der Waals surface area contributed by atoms with Gasteiger partial charge in [-0.05, 0) is 33.0 Å². The van der Waals surface area contributed by atoms with Gasteiger partial charge >= 0.3 is 0 Å². The number of hydrogen-bond donors (Lipinski definition) is 1. The van der Waals surface area contributed by atoms with E-state index in [9.17, 15) is 9.59 Å². The summed E-state index contributed by atoms with van der Waals surface area (Å²) in [5.74, 6) is 0.317. The van der Waals surface area contributed by atoms with Gasteiger partial charge in [0.2, 0.25) is 0 Å². The highest BCUT2D eigenvalue weighted by Crippen LogP contribution is 2.19. The Labute approximate surface area is 149 Å². The van der Waals surface area contributed by atoms with E-state index >= 15 is 0 Å². The molecular weight excluding hydrogens is 320 g/mol. The molecule has 7 heteroatoms. The maximum Gasteiger partial charge on any atom is 0.263 e. The first-order valence-electron chi connectivity index (χ1n) is 8.82. The Balaban J connectivity index is 2.25. The molecule has 1 fully saturated rings. The maximum absolute atomic E-state index is 13.0. The number of amides is 1. The molecule has 0 atom stereocenters. The summed E-state index contributed by atoms with van der Waals surface area (Å²) in [6.45, 7) is 8.72. The number of carbonyl (C=O) groups excluding carboxylic acids is 1. The van der Waals surface area contributed by atoms with Gasteiger partial charge in [0.05, 0.1) is 6.61 Å². The summed E-state index contributed by atoms with van der Waals surface area (Å²) in [4.78, 5) is 36.6. The van der Waals surface area contributed by atoms with E-state index < -0.39 is 0 Å². The lowest BCUT2D eigenvalue weighted by atomic mass is 9.95. The summed E-state index contributed by atoms with van der Waals surface area (Å²) in [5.41, 5.74) is -0.548. The van der Waals surface area contributed by atoms with Gasteiger partial charge in [0.25, 0.3) is 11.5 Å². The van der Waals surface area contributed by atoms with Crippen molar-refractivity contribution in [1.29, 1.82) is 0 Å². The lowest BCUT2D eigenvalue weighted by Gasteiger charge is -2.37. The van der Waals surface area contributed by atoms with Crippen molar-refractivity contribution < 1.29 is 9.53 Å². The van der Waals surface area contributed by atoms with Crippen LogP contribution < -0.4 is 5.56 Å². The third-order valence-corrected chi connectivity index (χ3v) is 4.67. The van der Waals surface area contributed by atoms with E-state index in [4.69, 9.17) is 4.74 Å². The largest absolute Gasteiger partial charge is 0.383 e. The highest BCUT2D eigenvalue weighted by atomic mass is 16.5. The van der Waals surface area contributed by atoms with Gasteiger partial charge in [0.1, 0.15) is 11.4 Å². The summed E-state index contributed by atoms with van der Waals surface area (Å²) < 4.78 is 5.16. The van der Waals surface area contributed by atoms with Gasteiger partial charge in [-0.3, -0.25) is 9.59 Å². The van der Waals surface area contributed by atoms with Gasteiger partial charge < -0.3 is 19.5 Å². The highest BCUT2D eigenvalue weighted by molar-refractivity contribution is 5.93. The third-order valence-electron chi connectivity index (χ3n) is 4.67. The minimum absolute atomic E-state index is 0.100. The Bertz CT molecular complexity index is 642. The third kappa shape index (κ3) is 4.89. The molecule has 1 saturated heterocycles. The number of H-pyrrole nitrogens is 1. The van der Waals surface area contributed by atoms with Crippen LogP contribution in [0.1, 0.15) is 49.8 Å². The number of ether oxygens (including phenoxy) is 1. The van der Waals surface area contributed by atoms with Crippen molar-refractivity contribution in [3.8, 4) is 0 Å². The number of nitrogens with zero attached hydrogens (tertiary/aromatic N) is 3. The van der Waals surface area contributed by atoms with E-state index in [-0.39, 0.29) is 28.5 Å². The van der Waals surface area contributed by atoms with Gasteiger partial charge in [-0.1, -0.05) is 20.8 Å². The van der Waals surface area contributed by atoms with Crippen molar-refractivity contribution in [2.75, 3.05) is 40.4 Å². The molecule has 1 aliphatic rings. The second kappa shape index (κ2) is 8.10. The lowest BCUT2D eigenvalue weighted by molar-refractivity contribution is 0.0502. The predicted octanol–water partition coefficient (Wildman–Crippen LogP) is 1.25. The maximum atomic E-state index is 13.0. The fraction of sp³-hybridized carbons (Fsp3) is 0.722. The summed E-state index contributed by atoms with van der Waals surface area (Å²) in [7, 11) is 3.70. The van der Waals surface area contributed by atoms with E-state index in [0.29, 0.717) is 19.0 Å². The minimum atomic E-state index is -0.375. The topological polar surface area (TPSA) is 78.5 Å². The number of nitrogens with one attached hydrogen (secondary N) is 1. The zero-order chi connectivity index (χ0) is 18.6. The van der Waals surface area contributed by atoms with Crippen molar-refractivity contribution >= 4 is 5.91 Å². The van der Waals surface area contributed by atoms with Crippen molar-refractivity contribution in [2.24, 2.45) is 0 Å². The van der Waals surface area contributed by atoms with Gasteiger partial charge in [0, 0.05) is 31.3 Å². The molecule has 25 heavy (non-hydrogen) atoms. The highest BCUT2D eigenvalue weighted by Gasteiger charge is 2.29. The summed E-state index contributed by atoms with van der Waals surface area (Å²) in [5, 5.41) is 0. The molecule has 0 aromatic carbocycles. The lowest BCUT2D eigenvalue weighted by Crippen LogP contribution is -2.49.